The van der Waals surface area contributed by atoms with Gasteiger partial charge in [0, 0.05) is 0 Å². The van der Waals surface area contributed by atoms with E-state index in [-0.39, 0.29) is 24.6 Å². The van der Waals surface area contributed by atoms with Crippen molar-refractivity contribution in [3.63, 3.8) is 0 Å². The molecule has 4 aromatic rings. The number of benzene rings is 2. The Bertz CT molecular complexity index is 1530. The van der Waals surface area contributed by atoms with E-state index >= 15 is 0 Å². The predicted octanol–water partition coefficient (Wildman–Crippen LogP) is 5.89. The number of carbonyl (C=O) groups is 4. The van der Waals surface area contributed by atoms with Crippen molar-refractivity contribution in [1.29, 1.82) is 0 Å². The van der Waals surface area contributed by atoms with Gasteiger partial charge >= 0.3 is 23.9 Å². The number of carbonyl (C=O) groups excluding carboxylic acids is 4. The van der Waals surface area contributed by atoms with Crippen LogP contribution in [0, 0.1) is 13.8 Å². The lowest BCUT2D eigenvalue weighted by molar-refractivity contribution is -0.142. The third-order valence-electron chi connectivity index (χ3n) is 7.66. The molecule has 0 amide bonds. The fourth-order valence-electron chi connectivity index (χ4n) is 5.28. The molecule has 2 N–H and O–H groups in total. The van der Waals surface area contributed by atoms with E-state index in [9.17, 15) is 19.2 Å². The Balaban J connectivity index is 1.83. The largest absolute Gasteiger partial charge is 0.469 e. The molecule has 2 aromatic carbocycles. The van der Waals surface area contributed by atoms with Crippen LogP contribution < -0.4 is 0 Å². The van der Waals surface area contributed by atoms with E-state index in [0.717, 1.165) is 11.1 Å². The van der Waals surface area contributed by atoms with E-state index < -0.39 is 35.7 Å². The van der Waals surface area contributed by atoms with Crippen molar-refractivity contribution in [3.8, 4) is 11.4 Å². The fraction of sp³-hybridized carbons (Fsp3) is 0.294. The van der Waals surface area contributed by atoms with Crippen molar-refractivity contribution in [1.82, 2.24) is 9.97 Å². The van der Waals surface area contributed by atoms with Gasteiger partial charge in [-0.1, -0.05) is 60.7 Å². The quantitative estimate of drug-likeness (QED) is 0.161. The van der Waals surface area contributed by atoms with E-state index in [1.165, 1.54) is 14.2 Å². The van der Waals surface area contributed by atoms with Gasteiger partial charge in [0.1, 0.15) is 24.6 Å². The molecule has 0 aliphatic rings. The zero-order valence-corrected chi connectivity index (χ0v) is 25.6. The summed E-state index contributed by atoms with van der Waals surface area (Å²) in [5.74, 6) is -3.98. The van der Waals surface area contributed by atoms with Crippen LogP contribution >= 0.6 is 0 Å². The third-order valence-corrected chi connectivity index (χ3v) is 7.66. The zero-order chi connectivity index (χ0) is 32.0. The second-order valence-corrected chi connectivity index (χ2v) is 10.4. The van der Waals surface area contributed by atoms with Gasteiger partial charge in [0.25, 0.3) is 0 Å². The topological polar surface area (TPSA) is 137 Å². The maximum absolute atomic E-state index is 13.3. The number of hydrogen-bond acceptors (Lipinski definition) is 8. The number of ether oxygens (including phenoxy) is 4. The maximum atomic E-state index is 13.3. The molecule has 2 unspecified atom stereocenters. The summed E-state index contributed by atoms with van der Waals surface area (Å²) in [5, 5.41) is 0. The molecular weight excluding hydrogens is 564 g/mol. The normalized spacial score (nSPS) is 12.2. The highest BCUT2D eigenvalue weighted by Crippen LogP contribution is 2.40. The van der Waals surface area contributed by atoms with Crippen molar-refractivity contribution in [2.24, 2.45) is 0 Å². The smallest absolute Gasteiger partial charge is 0.355 e. The summed E-state index contributed by atoms with van der Waals surface area (Å²) in [5.41, 5.74) is 4.37. The minimum Gasteiger partial charge on any atom is -0.469 e. The van der Waals surface area contributed by atoms with Gasteiger partial charge in [-0.3, -0.25) is 9.59 Å². The number of hydrogen-bond donors (Lipinski definition) is 2. The second kappa shape index (κ2) is 13.9. The lowest BCUT2D eigenvalue weighted by atomic mass is 9.91. The van der Waals surface area contributed by atoms with Crippen LogP contribution in [0.2, 0.25) is 0 Å². The molecule has 0 aliphatic heterocycles. The molecule has 44 heavy (non-hydrogen) atoms. The van der Waals surface area contributed by atoms with Crippen molar-refractivity contribution >= 4 is 23.9 Å². The van der Waals surface area contributed by atoms with Crippen LogP contribution in [0.3, 0.4) is 0 Å². The van der Waals surface area contributed by atoms with Gasteiger partial charge in [-0.2, -0.15) is 0 Å². The summed E-state index contributed by atoms with van der Waals surface area (Å²) >= 11 is 0. The van der Waals surface area contributed by atoms with Crippen molar-refractivity contribution < 1.29 is 38.1 Å². The van der Waals surface area contributed by atoms with Gasteiger partial charge in [-0.15, -0.1) is 0 Å². The number of rotatable bonds is 11. The first-order chi connectivity index (χ1) is 21.1. The molecule has 4 rings (SSSR count). The molecule has 2 aromatic heterocycles. The highest BCUT2D eigenvalue weighted by Gasteiger charge is 2.34. The minimum atomic E-state index is -0.819. The summed E-state index contributed by atoms with van der Waals surface area (Å²) in [6.07, 6.45) is 0. The molecule has 230 valence electrons. The Morgan fingerprint density at radius 1 is 0.614 bits per heavy atom. The summed E-state index contributed by atoms with van der Waals surface area (Å²) in [6.45, 7) is 6.78. The average Bonchev–Trinajstić information content (AvgIpc) is 3.58. The van der Waals surface area contributed by atoms with Crippen LogP contribution in [0.5, 0.6) is 0 Å². The van der Waals surface area contributed by atoms with Gasteiger partial charge in [0.05, 0.1) is 37.4 Å². The highest BCUT2D eigenvalue weighted by molar-refractivity contribution is 5.96. The standard InChI is InChI=1S/C34H36N2O8/c1-19-25(21(3)31(37)41-5)29(35-27(19)33(39)43-17-23-13-9-7-10-14-23)30-26(22(4)32(38)42-6)20(2)28(36-30)34(40)44-18-24-15-11-8-12-16-24/h7-16,21-22,35-36H,17-18H2,1-6H3. The van der Waals surface area contributed by atoms with Crippen LogP contribution in [0.4, 0.5) is 0 Å². The van der Waals surface area contributed by atoms with E-state index in [1.54, 1.807) is 27.7 Å². The molecule has 2 atom stereocenters. The van der Waals surface area contributed by atoms with E-state index in [1.807, 2.05) is 60.7 Å². The Morgan fingerprint density at radius 3 is 1.27 bits per heavy atom. The van der Waals surface area contributed by atoms with Crippen LogP contribution in [-0.4, -0.2) is 48.1 Å². The summed E-state index contributed by atoms with van der Waals surface area (Å²) in [6, 6.07) is 18.5. The highest BCUT2D eigenvalue weighted by atomic mass is 16.5. The molecule has 0 aliphatic carbocycles. The van der Waals surface area contributed by atoms with Gasteiger partial charge in [0.15, 0.2) is 0 Å². The van der Waals surface area contributed by atoms with Crippen LogP contribution in [0.15, 0.2) is 60.7 Å². The van der Waals surface area contributed by atoms with Gasteiger partial charge in [0.2, 0.25) is 0 Å². The van der Waals surface area contributed by atoms with E-state index in [0.29, 0.717) is 33.6 Å². The van der Waals surface area contributed by atoms with Crippen molar-refractivity contribution in [3.05, 3.63) is 105 Å². The van der Waals surface area contributed by atoms with Crippen LogP contribution in [-0.2, 0) is 41.8 Å². The Hall–Kier alpha value is -5.12. The number of aromatic amines is 2. The number of aromatic nitrogens is 2. The van der Waals surface area contributed by atoms with Gasteiger partial charge < -0.3 is 28.9 Å². The Morgan fingerprint density at radius 2 is 0.955 bits per heavy atom. The second-order valence-electron chi connectivity index (χ2n) is 10.4. The van der Waals surface area contributed by atoms with E-state index in [4.69, 9.17) is 18.9 Å². The maximum Gasteiger partial charge on any atom is 0.355 e. The third kappa shape index (κ3) is 6.59. The van der Waals surface area contributed by atoms with Crippen molar-refractivity contribution in [2.75, 3.05) is 14.2 Å². The SMILES string of the molecule is COC(=O)C(C)c1c(-c2[nH]c(C(=O)OCc3ccccc3)c(C)c2C(C)C(=O)OC)[nH]c(C(=O)OCc2ccccc2)c1C. The number of H-pyrrole nitrogens is 2. The summed E-state index contributed by atoms with van der Waals surface area (Å²) in [4.78, 5) is 58.6. The van der Waals surface area contributed by atoms with Gasteiger partial charge in [-0.05, 0) is 61.1 Å². The first-order valence-electron chi connectivity index (χ1n) is 14.1. The molecule has 0 radical (unpaired) electrons. The summed E-state index contributed by atoms with van der Waals surface area (Å²) < 4.78 is 21.3. The lowest BCUT2D eigenvalue weighted by Gasteiger charge is -2.15. The molecular formula is C34H36N2O8. The zero-order valence-electron chi connectivity index (χ0n) is 25.6. The molecule has 0 fully saturated rings. The molecule has 10 heteroatoms. The number of nitrogens with one attached hydrogen (secondary N) is 2. The van der Waals surface area contributed by atoms with Crippen LogP contribution in [0.1, 0.15) is 80.0 Å². The molecule has 0 saturated heterocycles. The molecule has 10 nitrogen and oxygen atoms in total. The number of esters is 4. The molecule has 0 saturated carbocycles. The monoisotopic (exact) mass is 600 g/mol. The van der Waals surface area contributed by atoms with Crippen molar-refractivity contribution in [2.45, 2.75) is 52.7 Å². The predicted molar refractivity (Wildman–Crippen MR) is 162 cm³/mol. The molecule has 2 heterocycles. The lowest BCUT2D eigenvalue weighted by Crippen LogP contribution is -2.14. The van der Waals surface area contributed by atoms with E-state index in [2.05, 4.69) is 9.97 Å². The summed E-state index contributed by atoms with van der Waals surface area (Å²) in [7, 11) is 2.56. The molecule has 0 bridgehead atoms. The fourth-order valence-corrected chi connectivity index (χ4v) is 5.28. The first kappa shape index (κ1) is 31.8. The Kier molecular flexibility index (Phi) is 10.0. The first-order valence-corrected chi connectivity index (χ1v) is 14.1. The van der Waals surface area contributed by atoms with Crippen LogP contribution in [0.25, 0.3) is 11.4 Å². The Labute approximate surface area is 255 Å². The minimum absolute atomic E-state index is 0.0407. The van der Waals surface area contributed by atoms with Gasteiger partial charge in [-0.25, -0.2) is 9.59 Å². The molecule has 0 spiro atoms. The number of methoxy groups -OCH3 is 2. The average molecular weight is 601 g/mol.